The molecule has 21 heavy (non-hydrogen) atoms. The third kappa shape index (κ3) is 3.42. The van der Waals surface area contributed by atoms with E-state index in [1.54, 1.807) is 19.2 Å². The SMILES string of the molecule is CNC(=O)c1ccc(C)c(NC(=O)C2(N)CCCCC2)c1. The van der Waals surface area contributed by atoms with Crippen LogP contribution in [0.3, 0.4) is 0 Å². The number of aryl methyl sites for hydroxylation is 1. The molecular formula is C16H23N3O2. The highest BCUT2D eigenvalue weighted by molar-refractivity contribution is 6.00. The van der Waals surface area contributed by atoms with Gasteiger partial charge in [-0.15, -0.1) is 0 Å². The van der Waals surface area contributed by atoms with Crippen LogP contribution in [0.25, 0.3) is 0 Å². The predicted molar refractivity (Wildman–Crippen MR) is 83.2 cm³/mol. The Hall–Kier alpha value is -1.88. The fourth-order valence-electron chi connectivity index (χ4n) is 2.70. The van der Waals surface area contributed by atoms with Gasteiger partial charge in [0, 0.05) is 18.3 Å². The number of anilines is 1. The third-order valence-corrected chi connectivity index (χ3v) is 4.17. The van der Waals surface area contributed by atoms with Crippen LogP contribution in [0.5, 0.6) is 0 Å². The largest absolute Gasteiger partial charge is 0.355 e. The lowest BCUT2D eigenvalue weighted by Crippen LogP contribution is -2.52. The number of hydrogen-bond donors (Lipinski definition) is 3. The summed E-state index contributed by atoms with van der Waals surface area (Å²) in [5.41, 5.74) is 7.53. The number of nitrogens with one attached hydrogen (secondary N) is 2. The fourth-order valence-corrected chi connectivity index (χ4v) is 2.70. The molecule has 2 rings (SSSR count). The van der Waals surface area contributed by atoms with Gasteiger partial charge in [-0.1, -0.05) is 25.3 Å². The highest BCUT2D eigenvalue weighted by atomic mass is 16.2. The maximum atomic E-state index is 12.5. The second-order valence-electron chi connectivity index (χ2n) is 5.78. The Morgan fingerprint density at radius 3 is 2.48 bits per heavy atom. The molecule has 1 aromatic carbocycles. The van der Waals surface area contributed by atoms with Gasteiger partial charge in [0.2, 0.25) is 5.91 Å². The van der Waals surface area contributed by atoms with Gasteiger partial charge in [-0.2, -0.15) is 0 Å². The summed E-state index contributed by atoms with van der Waals surface area (Å²) >= 11 is 0. The molecule has 0 aromatic heterocycles. The van der Waals surface area contributed by atoms with Crippen molar-refractivity contribution >= 4 is 17.5 Å². The lowest BCUT2D eigenvalue weighted by atomic mass is 9.82. The molecule has 1 fully saturated rings. The number of benzene rings is 1. The van der Waals surface area contributed by atoms with Crippen LogP contribution in [-0.4, -0.2) is 24.4 Å². The molecule has 1 aromatic rings. The van der Waals surface area contributed by atoms with E-state index in [4.69, 9.17) is 5.73 Å². The van der Waals surface area contributed by atoms with Gasteiger partial charge >= 0.3 is 0 Å². The summed E-state index contributed by atoms with van der Waals surface area (Å²) in [5, 5.41) is 5.47. The summed E-state index contributed by atoms with van der Waals surface area (Å²) in [6.45, 7) is 1.90. The maximum absolute atomic E-state index is 12.5. The van der Waals surface area contributed by atoms with Crippen LogP contribution in [0.15, 0.2) is 18.2 Å². The van der Waals surface area contributed by atoms with Crippen molar-refractivity contribution in [3.05, 3.63) is 29.3 Å². The zero-order valence-electron chi connectivity index (χ0n) is 12.7. The van der Waals surface area contributed by atoms with Crippen molar-refractivity contribution < 1.29 is 9.59 Å². The number of nitrogens with two attached hydrogens (primary N) is 1. The van der Waals surface area contributed by atoms with Crippen molar-refractivity contribution in [2.45, 2.75) is 44.6 Å². The van der Waals surface area contributed by atoms with Crippen molar-refractivity contribution in [3.63, 3.8) is 0 Å². The third-order valence-electron chi connectivity index (χ3n) is 4.17. The Morgan fingerprint density at radius 2 is 1.86 bits per heavy atom. The molecule has 0 atom stereocenters. The molecular weight excluding hydrogens is 266 g/mol. The second-order valence-corrected chi connectivity index (χ2v) is 5.78. The zero-order chi connectivity index (χ0) is 15.5. The average molecular weight is 289 g/mol. The Balaban J connectivity index is 2.18. The number of hydrogen-bond acceptors (Lipinski definition) is 3. The molecule has 1 aliphatic rings. The minimum absolute atomic E-state index is 0.153. The van der Waals surface area contributed by atoms with E-state index in [1.807, 2.05) is 13.0 Å². The van der Waals surface area contributed by atoms with Gasteiger partial charge < -0.3 is 16.4 Å². The molecule has 0 bridgehead atoms. The Morgan fingerprint density at radius 1 is 1.19 bits per heavy atom. The smallest absolute Gasteiger partial charge is 0.251 e. The molecule has 0 saturated heterocycles. The minimum Gasteiger partial charge on any atom is -0.355 e. The van der Waals surface area contributed by atoms with E-state index in [1.165, 1.54) is 0 Å². The molecule has 5 nitrogen and oxygen atoms in total. The van der Waals surface area contributed by atoms with Crippen LogP contribution in [0.4, 0.5) is 5.69 Å². The summed E-state index contributed by atoms with van der Waals surface area (Å²) in [6.07, 6.45) is 4.54. The van der Waals surface area contributed by atoms with E-state index in [0.717, 1.165) is 24.8 Å². The van der Waals surface area contributed by atoms with Crippen LogP contribution in [0.1, 0.15) is 48.0 Å². The van der Waals surface area contributed by atoms with E-state index in [0.29, 0.717) is 24.1 Å². The minimum atomic E-state index is -0.784. The van der Waals surface area contributed by atoms with E-state index in [9.17, 15) is 9.59 Å². The fraction of sp³-hybridized carbons (Fsp3) is 0.500. The molecule has 0 spiro atoms. The molecule has 0 radical (unpaired) electrons. The van der Waals surface area contributed by atoms with Crippen molar-refractivity contribution in [3.8, 4) is 0 Å². The molecule has 0 unspecified atom stereocenters. The van der Waals surface area contributed by atoms with Crippen LogP contribution in [0, 0.1) is 6.92 Å². The van der Waals surface area contributed by atoms with Gasteiger partial charge in [0.05, 0.1) is 5.54 Å². The Kier molecular flexibility index (Phi) is 4.63. The molecule has 0 aliphatic heterocycles. The van der Waals surface area contributed by atoms with Crippen LogP contribution in [0.2, 0.25) is 0 Å². The Bertz CT molecular complexity index is 548. The van der Waals surface area contributed by atoms with Crippen LogP contribution >= 0.6 is 0 Å². The molecule has 2 amide bonds. The topological polar surface area (TPSA) is 84.2 Å². The predicted octanol–water partition coefficient (Wildman–Crippen LogP) is 1.95. The quantitative estimate of drug-likeness (QED) is 0.795. The summed E-state index contributed by atoms with van der Waals surface area (Å²) < 4.78 is 0. The molecule has 0 heterocycles. The average Bonchev–Trinajstić information content (AvgIpc) is 2.49. The van der Waals surface area contributed by atoms with Crippen molar-refractivity contribution in [2.24, 2.45) is 5.73 Å². The molecule has 1 saturated carbocycles. The number of carbonyl (C=O) groups is 2. The molecule has 5 heteroatoms. The van der Waals surface area contributed by atoms with E-state index in [2.05, 4.69) is 10.6 Å². The Labute approximate surface area is 125 Å². The first-order chi connectivity index (χ1) is 9.96. The van der Waals surface area contributed by atoms with Crippen LogP contribution in [-0.2, 0) is 4.79 Å². The van der Waals surface area contributed by atoms with Gasteiger partial charge in [-0.3, -0.25) is 9.59 Å². The summed E-state index contributed by atoms with van der Waals surface area (Å²) in [7, 11) is 1.58. The first-order valence-corrected chi connectivity index (χ1v) is 7.39. The number of carbonyl (C=O) groups excluding carboxylic acids is 2. The number of amides is 2. The van der Waals surface area contributed by atoms with E-state index >= 15 is 0 Å². The highest BCUT2D eigenvalue weighted by Crippen LogP contribution is 2.28. The summed E-state index contributed by atoms with van der Waals surface area (Å²) in [6, 6.07) is 5.26. The second kappa shape index (κ2) is 6.26. The van der Waals surface area contributed by atoms with Crippen molar-refractivity contribution in [1.82, 2.24) is 5.32 Å². The lowest BCUT2D eigenvalue weighted by Gasteiger charge is -2.32. The van der Waals surface area contributed by atoms with Gasteiger partial charge in [-0.25, -0.2) is 0 Å². The van der Waals surface area contributed by atoms with Gasteiger partial charge in [0.15, 0.2) is 0 Å². The molecule has 1 aliphatic carbocycles. The van der Waals surface area contributed by atoms with Gasteiger partial charge in [-0.05, 0) is 37.5 Å². The van der Waals surface area contributed by atoms with Crippen molar-refractivity contribution in [1.29, 1.82) is 0 Å². The number of rotatable bonds is 3. The normalized spacial score (nSPS) is 17.1. The lowest BCUT2D eigenvalue weighted by molar-refractivity contribution is -0.122. The maximum Gasteiger partial charge on any atom is 0.251 e. The highest BCUT2D eigenvalue weighted by Gasteiger charge is 2.35. The summed E-state index contributed by atoms with van der Waals surface area (Å²) in [4.78, 5) is 24.1. The monoisotopic (exact) mass is 289 g/mol. The zero-order valence-corrected chi connectivity index (χ0v) is 12.7. The van der Waals surface area contributed by atoms with Crippen molar-refractivity contribution in [2.75, 3.05) is 12.4 Å². The standard InChI is InChI=1S/C16H23N3O2/c1-11-6-7-12(14(20)18-2)10-13(11)19-15(21)16(17)8-4-3-5-9-16/h6-7,10H,3-5,8-9,17H2,1-2H3,(H,18,20)(H,19,21). The summed E-state index contributed by atoms with van der Waals surface area (Å²) in [5.74, 6) is -0.329. The van der Waals surface area contributed by atoms with Gasteiger partial charge in [0.25, 0.3) is 5.91 Å². The first-order valence-electron chi connectivity index (χ1n) is 7.39. The molecule has 4 N–H and O–H groups in total. The van der Waals surface area contributed by atoms with E-state index < -0.39 is 5.54 Å². The molecule has 114 valence electrons. The van der Waals surface area contributed by atoms with Crippen LogP contribution < -0.4 is 16.4 Å². The van der Waals surface area contributed by atoms with E-state index in [-0.39, 0.29) is 11.8 Å². The first kappa shape index (κ1) is 15.5. The van der Waals surface area contributed by atoms with Gasteiger partial charge in [0.1, 0.15) is 0 Å².